The summed E-state index contributed by atoms with van der Waals surface area (Å²) in [6.45, 7) is 0. The Hall–Kier alpha value is -4.54. The van der Waals surface area contributed by atoms with Crippen LogP contribution in [0.2, 0.25) is 0 Å². The molecule has 0 saturated heterocycles. The van der Waals surface area contributed by atoms with Crippen LogP contribution < -0.4 is 14.8 Å². The predicted octanol–water partition coefficient (Wildman–Crippen LogP) is 8.19. The number of nitrogens with zero attached hydrogens (tertiary/aromatic N) is 1. The van der Waals surface area contributed by atoms with Gasteiger partial charge in [-0.05, 0) is 83.4 Å². The van der Waals surface area contributed by atoms with E-state index in [4.69, 9.17) is 14.7 Å². The van der Waals surface area contributed by atoms with Gasteiger partial charge in [0.05, 0.1) is 5.56 Å². The number of ether oxygens (including phenoxy) is 2. The lowest BCUT2D eigenvalue weighted by Gasteiger charge is -2.10. The molecule has 0 aliphatic heterocycles. The smallest absolute Gasteiger partial charge is 0.311 e. The molecule has 4 rings (SSSR count). The van der Waals surface area contributed by atoms with Crippen molar-refractivity contribution < 1.29 is 36.6 Å². The van der Waals surface area contributed by atoms with Crippen LogP contribution in [0.4, 0.5) is 17.6 Å². The predicted molar refractivity (Wildman–Crippen MR) is 161 cm³/mol. The lowest BCUT2D eigenvalue weighted by Crippen LogP contribution is -2.09. The summed E-state index contributed by atoms with van der Waals surface area (Å²) in [5.74, 6) is -3.81. The van der Waals surface area contributed by atoms with Gasteiger partial charge in [0.25, 0.3) is 0 Å². The Kier molecular flexibility index (Phi) is 11.2. The second-order valence-electron chi connectivity index (χ2n) is 10.0. The molecule has 10 heteroatoms. The molecule has 226 valence electrons. The van der Waals surface area contributed by atoms with Crippen LogP contribution in [-0.4, -0.2) is 11.9 Å². The quantitative estimate of drug-likeness (QED) is 0.0524. The first-order valence-corrected chi connectivity index (χ1v) is 14.5. The number of halogens is 4. The summed E-state index contributed by atoms with van der Waals surface area (Å²) in [5.41, 5.74) is 1.40. The number of benzene rings is 4. The van der Waals surface area contributed by atoms with Gasteiger partial charge in [0.1, 0.15) is 29.2 Å². The van der Waals surface area contributed by atoms with Gasteiger partial charge in [-0.2, -0.15) is 5.26 Å². The maximum atomic E-state index is 14.6. The zero-order valence-corrected chi connectivity index (χ0v) is 24.7. The highest BCUT2D eigenvalue weighted by Gasteiger charge is 2.13. The van der Waals surface area contributed by atoms with Crippen LogP contribution in [0.5, 0.6) is 11.5 Å². The highest BCUT2D eigenvalue weighted by molar-refractivity contribution is 7.28. The van der Waals surface area contributed by atoms with Gasteiger partial charge < -0.3 is 9.47 Å². The summed E-state index contributed by atoms with van der Waals surface area (Å²) in [4.78, 5) is 24.4. The fourth-order valence-electron chi connectivity index (χ4n) is 4.53. The Morgan fingerprint density at radius 2 is 1.16 bits per heavy atom. The highest BCUT2D eigenvalue weighted by Crippen LogP contribution is 2.28. The molecule has 5 nitrogen and oxygen atoms in total. The molecule has 1 atom stereocenters. The molecule has 0 aromatic heterocycles. The van der Waals surface area contributed by atoms with Crippen LogP contribution in [0, 0.1) is 34.6 Å². The van der Waals surface area contributed by atoms with E-state index in [0.29, 0.717) is 35.0 Å². The number of hydrogen-bond acceptors (Lipinski definition) is 5. The largest absolute Gasteiger partial charge is 0.427 e. The number of hydrogen-bond donors (Lipinski definition) is 0. The fourth-order valence-corrected chi connectivity index (χ4v) is 4.96. The van der Waals surface area contributed by atoms with Crippen molar-refractivity contribution in [3.63, 3.8) is 0 Å². The standard InChI is InChI=1S/C34H28F4NO4P/c35-28-15-10-22(17-31(28)38)27-14-12-25(19-32(27)44)43-34(41)7-5-3-1-2-4-6-33(40)42-24-11-13-26(30(37)18-24)21-8-9-23(20-39)29(36)16-21/h8-19H,1-7,44H2. The molecule has 0 aliphatic rings. The Labute approximate surface area is 254 Å². The summed E-state index contributed by atoms with van der Waals surface area (Å²) in [6, 6.07) is 17.9. The maximum Gasteiger partial charge on any atom is 0.311 e. The van der Waals surface area contributed by atoms with E-state index in [0.717, 1.165) is 43.5 Å². The SMILES string of the molecule is N#Cc1ccc(-c2ccc(OC(=O)CCCCCCCC(=O)Oc3ccc(-c4ccc(F)c(F)c4)c(P)c3)cc2F)cc1F. The van der Waals surface area contributed by atoms with E-state index in [-0.39, 0.29) is 41.3 Å². The van der Waals surface area contributed by atoms with Crippen LogP contribution in [0.3, 0.4) is 0 Å². The second kappa shape index (κ2) is 15.3. The van der Waals surface area contributed by atoms with Gasteiger partial charge in [0.15, 0.2) is 11.6 Å². The highest BCUT2D eigenvalue weighted by atomic mass is 31.0. The van der Waals surface area contributed by atoms with Gasteiger partial charge in [-0.1, -0.05) is 37.5 Å². The van der Waals surface area contributed by atoms with E-state index < -0.39 is 29.2 Å². The topological polar surface area (TPSA) is 76.4 Å². The Morgan fingerprint density at radius 3 is 1.73 bits per heavy atom. The second-order valence-corrected chi connectivity index (χ2v) is 10.7. The summed E-state index contributed by atoms with van der Waals surface area (Å²) >= 11 is 0. The molecule has 0 fully saturated rings. The number of rotatable bonds is 12. The summed E-state index contributed by atoms with van der Waals surface area (Å²) < 4.78 is 65.9. The summed E-state index contributed by atoms with van der Waals surface area (Å²) in [6.07, 6.45) is 3.83. The monoisotopic (exact) mass is 621 g/mol. The van der Waals surface area contributed by atoms with E-state index >= 15 is 0 Å². The minimum atomic E-state index is -0.942. The molecule has 44 heavy (non-hydrogen) atoms. The average Bonchev–Trinajstić information content (AvgIpc) is 2.98. The molecule has 0 saturated carbocycles. The Morgan fingerprint density at radius 1 is 0.614 bits per heavy atom. The van der Waals surface area contributed by atoms with Crippen LogP contribution >= 0.6 is 9.24 Å². The van der Waals surface area contributed by atoms with Gasteiger partial charge in [0, 0.05) is 24.5 Å². The molecule has 0 bridgehead atoms. The third kappa shape index (κ3) is 8.75. The van der Waals surface area contributed by atoms with Gasteiger partial charge in [0.2, 0.25) is 0 Å². The molecule has 0 radical (unpaired) electrons. The maximum absolute atomic E-state index is 14.6. The van der Waals surface area contributed by atoms with E-state index in [9.17, 15) is 27.2 Å². The van der Waals surface area contributed by atoms with E-state index in [2.05, 4.69) is 9.24 Å². The van der Waals surface area contributed by atoms with Crippen molar-refractivity contribution in [2.45, 2.75) is 44.9 Å². The number of unbranched alkanes of at least 4 members (excludes halogenated alkanes) is 4. The minimum absolute atomic E-state index is 0.0386. The van der Waals surface area contributed by atoms with Crippen molar-refractivity contribution >= 4 is 26.5 Å². The molecule has 1 unspecified atom stereocenters. The third-order valence-electron chi connectivity index (χ3n) is 6.82. The lowest BCUT2D eigenvalue weighted by atomic mass is 10.0. The van der Waals surface area contributed by atoms with Crippen molar-refractivity contribution in [1.82, 2.24) is 0 Å². The molecule has 0 heterocycles. The molecule has 0 spiro atoms. The Bertz CT molecular complexity index is 1720. The number of nitriles is 1. The molecule has 4 aromatic rings. The number of carbonyl (C=O) groups excluding carboxylic acids is 2. The van der Waals surface area contributed by atoms with Crippen molar-refractivity contribution in [2.24, 2.45) is 0 Å². The van der Waals surface area contributed by atoms with Crippen molar-refractivity contribution in [1.29, 1.82) is 5.26 Å². The van der Waals surface area contributed by atoms with E-state index in [1.54, 1.807) is 24.3 Å². The normalized spacial score (nSPS) is 10.7. The first-order valence-electron chi connectivity index (χ1n) is 13.9. The van der Waals surface area contributed by atoms with Crippen molar-refractivity contribution in [3.8, 4) is 39.8 Å². The van der Waals surface area contributed by atoms with E-state index in [1.165, 1.54) is 30.3 Å². The van der Waals surface area contributed by atoms with Crippen LogP contribution in [-0.2, 0) is 9.59 Å². The third-order valence-corrected chi connectivity index (χ3v) is 7.30. The first kappa shape index (κ1) is 32.4. The number of carbonyl (C=O) groups is 2. The molecular formula is C34H28F4NO4P. The van der Waals surface area contributed by atoms with Crippen LogP contribution in [0.15, 0.2) is 72.8 Å². The molecule has 0 amide bonds. The average molecular weight is 622 g/mol. The summed E-state index contributed by atoms with van der Waals surface area (Å²) in [5, 5.41) is 9.51. The zero-order valence-electron chi connectivity index (χ0n) is 23.5. The van der Waals surface area contributed by atoms with Crippen LogP contribution in [0.1, 0.15) is 50.5 Å². The van der Waals surface area contributed by atoms with Gasteiger partial charge in [-0.15, -0.1) is 9.24 Å². The molecular weight excluding hydrogens is 593 g/mol. The van der Waals surface area contributed by atoms with Gasteiger partial charge in [-0.25, -0.2) is 17.6 Å². The zero-order chi connectivity index (χ0) is 31.6. The van der Waals surface area contributed by atoms with E-state index in [1.807, 2.05) is 0 Å². The molecule has 4 aromatic carbocycles. The molecule has 0 N–H and O–H groups in total. The van der Waals surface area contributed by atoms with Gasteiger partial charge >= 0.3 is 11.9 Å². The lowest BCUT2D eigenvalue weighted by molar-refractivity contribution is -0.135. The fraction of sp³-hybridized carbons (Fsp3) is 0.206. The Balaban J connectivity index is 1.13. The van der Waals surface area contributed by atoms with Crippen LogP contribution in [0.25, 0.3) is 22.3 Å². The molecule has 0 aliphatic carbocycles. The van der Waals surface area contributed by atoms with Crippen molar-refractivity contribution in [3.05, 3.63) is 102 Å². The summed E-state index contributed by atoms with van der Waals surface area (Å²) in [7, 11) is 2.50. The first-order chi connectivity index (χ1) is 21.1. The minimum Gasteiger partial charge on any atom is -0.427 e. The van der Waals surface area contributed by atoms with Crippen molar-refractivity contribution in [2.75, 3.05) is 0 Å². The number of esters is 2. The van der Waals surface area contributed by atoms with Gasteiger partial charge in [-0.3, -0.25) is 9.59 Å².